The van der Waals surface area contributed by atoms with Crippen LogP contribution in [0.25, 0.3) is 32.9 Å². The Balaban J connectivity index is 1.94. The maximum Gasteiger partial charge on any atom is 0.387 e. The van der Waals surface area contributed by atoms with Gasteiger partial charge in [0.05, 0.1) is 5.52 Å². The molecular formula is C18H10F3N3O2S. The number of rotatable bonds is 4. The van der Waals surface area contributed by atoms with Crippen LogP contribution in [0.4, 0.5) is 13.2 Å². The lowest BCUT2D eigenvalue weighted by atomic mass is 10.1. The van der Waals surface area contributed by atoms with Crippen LogP contribution < -0.4 is 4.74 Å². The summed E-state index contributed by atoms with van der Waals surface area (Å²) in [6.45, 7) is -3.06. The predicted molar refractivity (Wildman–Crippen MR) is 94.3 cm³/mol. The number of aromatic hydroxyl groups is 1. The van der Waals surface area contributed by atoms with E-state index in [1.54, 1.807) is 29.8 Å². The van der Waals surface area contributed by atoms with Crippen molar-refractivity contribution >= 4 is 21.6 Å². The molecule has 0 spiro atoms. The molecule has 0 fully saturated rings. The van der Waals surface area contributed by atoms with Crippen LogP contribution in [0.15, 0.2) is 48.0 Å². The fourth-order valence-corrected chi connectivity index (χ4v) is 3.51. The summed E-state index contributed by atoms with van der Waals surface area (Å²) in [4.78, 5) is 12.6. The second-order valence-corrected chi connectivity index (χ2v) is 6.31. The summed E-state index contributed by atoms with van der Waals surface area (Å²) in [5, 5.41) is 11.8. The van der Waals surface area contributed by atoms with Gasteiger partial charge in [-0.15, -0.1) is 11.3 Å². The van der Waals surface area contributed by atoms with E-state index in [9.17, 15) is 18.3 Å². The Morgan fingerprint density at radius 1 is 1.07 bits per heavy atom. The van der Waals surface area contributed by atoms with Gasteiger partial charge in [-0.25, -0.2) is 9.37 Å². The van der Waals surface area contributed by atoms with Crippen LogP contribution in [-0.2, 0) is 0 Å². The van der Waals surface area contributed by atoms with Gasteiger partial charge in [0.25, 0.3) is 0 Å². The molecule has 0 unspecified atom stereocenters. The summed E-state index contributed by atoms with van der Waals surface area (Å²) < 4.78 is 44.1. The molecule has 0 amide bonds. The minimum absolute atomic E-state index is 0.103. The van der Waals surface area contributed by atoms with Gasteiger partial charge in [0.15, 0.2) is 5.82 Å². The first-order chi connectivity index (χ1) is 13.0. The molecule has 0 aliphatic heterocycles. The molecule has 27 heavy (non-hydrogen) atoms. The smallest absolute Gasteiger partial charge is 0.387 e. The van der Waals surface area contributed by atoms with E-state index in [1.807, 2.05) is 0 Å². The van der Waals surface area contributed by atoms with Crippen molar-refractivity contribution in [3.63, 3.8) is 0 Å². The first kappa shape index (κ1) is 17.2. The number of halogens is 3. The predicted octanol–water partition coefficient (Wildman–Crippen LogP) is 4.87. The number of fused-ring (bicyclic) bond motifs is 1. The quantitative estimate of drug-likeness (QED) is 0.540. The van der Waals surface area contributed by atoms with Gasteiger partial charge in [0.2, 0.25) is 5.88 Å². The van der Waals surface area contributed by atoms with E-state index >= 15 is 0 Å². The Hall–Kier alpha value is -3.20. The standard InChI is InChI=1S/C18H10F3N3O2S/c19-9-4-5-13(26-18(20)21)10(7-9)11-8-27-15-14(11)23-16(24-17(15)25)12-3-1-2-6-22-12/h1-8,18H,(H,23,24,25). The van der Waals surface area contributed by atoms with E-state index in [0.29, 0.717) is 16.0 Å². The van der Waals surface area contributed by atoms with Crippen LogP contribution in [0, 0.1) is 5.82 Å². The van der Waals surface area contributed by atoms with Gasteiger partial charge in [0.1, 0.15) is 22.0 Å². The molecule has 9 heteroatoms. The molecule has 1 N–H and O–H groups in total. The topological polar surface area (TPSA) is 68.1 Å². The maximum absolute atomic E-state index is 13.8. The molecule has 0 aliphatic carbocycles. The van der Waals surface area contributed by atoms with Crippen molar-refractivity contribution in [2.75, 3.05) is 0 Å². The third-order valence-electron chi connectivity index (χ3n) is 3.74. The summed E-state index contributed by atoms with van der Waals surface area (Å²) in [6, 6.07) is 8.36. The van der Waals surface area contributed by atoms with Crippen LogP contribution in [0.1, 0.15) is 0 Å². The van der Waals surface area contributed by atoms with Crippen molar-refractivity contribution in [1.29, 1.82) is 0 Å². The number of thiophene rings is 1. The number of hydrogen-bond acceptors (Lipinski definition) is 6. The largest absolute Gasteiger partial charge is 0.492 e. The lowest BCUT2D eigenvalue weighted by Gasteiger charge is -2.10. The van der Waals surface area contributed by atoms with Gasteiger partial charge in [-0.1, -0.05) is 6.07 Å². The van der Waals surface area contributed by atoms with Crippen molar-refractivity contribution in [3.05, 3.63) is 53.8 Å². The molecule has 0 saturated heterocycles. The van der Waals surface area contributed by atoms with E-state index in [2.05, 4.69) is 19.7 Å². The molecule has 0 radical (unpaired) electrons. The molecule has 0 atom stereocenters. The highest BCUT2D eigenvalue weighted by atomic mass is 32.1. The number of ether oxygens (including phenoxy) is 1. The number of pyridine rings is 1. The number of nitrogens with zero attached hydrogens (tertiary/aromatic N) is 3. The summed E-state index contributed by atoms with van der Waals surface area (Å²) in [5.41, 5.74) is 1.17. The molecule has 136 valence electrons. The zero-order valence-electron chi connectivity index (χ0n) is 13.4. The number of aromatic nitrogens is 3. The third-order valence-corrected chi connectivity index (χ3v) is 4.70. The molecular weight excluding hydrogens is 379 g/mol. The van der Waals surface area contributed by atoms with Crippen molar-refractivity contribution < 1.29 is 23.0 Å². The van der Waals surface area contributed by atoms with Gasteiger partial charge in [0, 0.05) is 22.7 Å². The number of hydrogen-bond donors (Lipinski definition) is 1. The normalized spacial score (nSPS) is 11.3. The Kier molecular flexibility index (Phi) is 4.36. The second kappa shape index (κ2) is 6.84. The monoisotopic (exact) mass is 389 g/mol. The van der Waals surface area contributed by atoms with Gasteiger partial charge in [-0.2, -0.15) is 13.8 Å². The maximum atomic E-state index is 13.8. The van der Waals surface area contributed by atoms with Crippen molar-refractivity contribution in [2.24, 2.45) is 0 Å². The fraction of sp³-hybridized carbons (Fsp3) is 0.0556. The van der Waals surface area contributed by atoms with E-state index in [4.69, 9.17) is 0 Å². The van der Waals surface area contributed by atoms with Gasteiger partial charge in [-0.3, -0.25) is 4.98 Å². The molecule has 0 bridgehead atoms. The number of benzene rings is 1. The summed E-state index contributed by atoms with van der Waals surface area (Å²) in [7, 11) is 0. The first-order valence-corrected chi connectivity index (χ1v) is 8.55. The zero-order valence-corrected chi connectivity index (χ0v) is 14.3. The van der Waals surface area contributed by atoms with Crippen molar-refractivity contribution in [1.82, 2.24) is 15.0 Å². The zero-order chi connectivity index (χ0) is 19.0. The molecule has 0 saturated carbocycles. The highest BCUT2D eigenvalue weighted by Crippen LogP contribution is 2.41. The summed E-state index contributed by atoms with van der Waals surface area (Å²) in [6.07, 6.45) is 1.55. The molecule has 4 rings (SSSR count). The van der Waals surface area contributed by atoms with Crippen LogP contribution in [0.3, 0.4) is 0 Å². The Labute approximate surface area is 154 Å². The Bertz CT molecular complexity index is 1120. The van der Waals surface area contributed by atoms with Crippen molar-refractivity contribution in [2.45, 2.75) is 6.61 Å². The van der Waals surface area contributed by atoms with E-state index in [0.717, 1.165) is 29.5 Å². The average molecular weight is 389 g/mol. The highest BCUT2D eigenvalue weighted by Gasteiger charge is 2.20. The molecule has 0 aliphatic rings. The van der Waals surface area contributed by atoms with Crippen LogP contribution >= 0.6 is 11.3 Å². The van der Waals surface area contributed by atoms with E-state index in [-0.39, 0.29) is 28.5 Å². The first-order valence-electron chi connectivity index (χ1n) is 7.67. The van der Waals surface area contributed by atoms with Crippen LogP contribution in [-0.4, -0.2) is 26.7 Å². The lowest BCUT2D eigenvalue weighted by Crippen LogP contribution is -2.03. The van der Waals surface area contributed by atoms with E-state index < -0.39 is 12.4 Å². The fourth-order valence-electron chi connectivity index (χ4n) is 2.62. The second-order valence-electron chi connectivity index (χ2n) is 5.43. The van der Waals surface area contributed by atoms with Crippen molar-refractivity contribution in [3.8, 4) is 34.3 Å². The molecule has 3 heterocycles. The molecule has 3 aromatic heterocycles. The minimum Gasteiger partial charge on any atom is -0.492 e. The number of alkyl halides is 2. The third kappa shape index (κ3) is 3.28. The van der Waals surface area contributed by atoms with E-state index in [1.165, 1.54) is 0 Å². The summed E-state index contributed by atoms with van der Waals surface area (Å²) in [5.74, 6) is -0.921. The van der Waals surface area contributed by atoms with Crippen LogP contribution in [0.5, 0.6) is 11.6 Å². The molecule has 1 aromatic carbocycles. The van der Waals surface area contributed by atoms with Crippen LogP contribution in [0.2, 0.25) is 0 Å². The molecule has 5 nitrogen and oxygen atoms in total. The van der Waals surface area contributed by atoms with Gasteiger partial charge in [-0.05, 0) is 30.3 Å². The summed E-state index contributed by atoms with van der Waals surface area (Å²) >= 11 is 1.11. The SMILES string of the molecule is Oc1nc(-c2ccccn2)nc2c(-c3cc(F)ccc3OC(F)F)csc12. The highest BCUT2D eigenvalue weighted by molar-refractivity contribution is 7.18. The molecule has 4 aromatic rings. The average Bonchev–Trinajstić information content (AvgIpc) is 3.08. The Morgan fingerprint density at radius 2 is 1.93 bits per heavy atom. The van der Waals surface area contributed by atoms with Gasteiger partial charge >= 0.3 is 6.61 Å². The lowest BCUT2D eigenvalue weighted by molar-refractivity contribution is -0.0494. The Morgan fingerprint density at radius 3 is 2.67 bits per heavy atom. The van der Waals surface area contributed by atoms with Gasteiger partial charge < -0.3 is 9.84 Å². The minimum atomic E-state index is -3.06.